The molecule has 25 heteroatoms. The van der Waals surface area contributed by atoms with E-state index in [1.165, 1.54) is 33.3 Å². The molecule has 0 unspecified atom stereocenters. The van der Waals surface area contributed by atoms with Crippen molar-refractivity contribution >= 4 is 53.2 Å². The van der Waals surface area contributed by atoms with Crippen LogP contribution in [0.5, 0.6) is 0 Å². The normalized spacial score (nSPS) is 26.4. The third-order valence-corrected chi connectivity index (χ3v) is 15.0. The Hall–Kier alpha value is -5.22. The fraction of sp³-hybridized carbons (Fsp3) is 0.691. The van der Waals surface area contributed by atoms with Crippen LogP contribution in [0.4, 0.5) is 9.59 Å². The van der Waals surface area contributed by atoms with E-state index in [2.05, 4.69) is 31.9 Å². The molecule has 80 heavy (non-hydrogen) atoms. The summed E-state index contributed by atoms with van der Waals surface area (Å²) in [6.07, 6.45) is 6.68. The number of nitrogens with two attached hydrogens (primary N) is 1. The number of primary amides is 1. The molecule has 4 aliphatic rings. The SMILES string of the molecule is CO[C@@H]1/C=C\C=C(/C)C(=O)NC2=CC(=O)C(NCCOCCOCCNC(=O)CCOCCOCCOCCOCCNC(=O)CCCC[C@@H]3SC[C@@H]4NC(=O)N[C@@H]43)=C(C[C@H](C)C[C@@H](OC)[C@@H](O)[C@H](C)/C=C(\C)[C@H]1OC(N)=O)C2=O. The molecule has 0 spiro atoms. The number of thioether (sulfide) groups is 1. The van der Waals surface area contributed by atoms with Gasteiger partial charge in [0.15, 0.2) is 6.10 Å². The van der Waals surface area contributed by atoms with Crippen molar-refractivity contribution in [2.45, 2.75) is 114 Å². The number of allylic oxidation sites excluding steroid dienone is 4. The Balaban J connectivity index is 1.03. The average molecular weight is 1150 g/mol. The number of urea groups is 1. The minimum atomic E-state index is -1.03. The van der Waals surface area contributed by atoms with E-state index in [1.807, 2.05) is 18.7 Å². The molecular weight excluding hydrogens is 1060 g/mol. The first-order valence-electron chi connectivity index (χ1n) is 27.5. The van der Waals surface area contributed by atoms with Gasteiger partial charge in [-0.1, -0.05) is 44.6 Å². The summed E-state index contributed by atoms with van der Waals surface area (Å²) >= 11 is 1.88. The van der Waals surface area contributed by atoms with E-state index < -0.39 is 53.9 Å². The van der Waals surface area contributed by atoms with E-state index in [0.717, 1.165) is 31.1 Å². The number of amides is 6. The maximum atomic E-state index is 14.0. The number of nitrogens with one attached hydrogen (secondary N) is 6. The molecule has 2 fully saturated rings. The van der Waals surface area contributed by atoms with Crippen molar-refractivity contribution in [3.05, 3.63) is 58.5 Å². The quantitative estimate of drug-likeness (QED) is 0.0201. The lowest BCUT2D eigenvalue weighted by atomic mass is 9.85. The van der Waals surface area contributed by atoms with Gasteiger partial charge in [-0.3, -0.25) is 24.0 Å². The average Bonchev–Trinajstić information content (AvgIpc) is 3.99. The third kappa shape index (κ3) is 24.5. The number of Topliss-reactive ketones (excluding diaryl/α,β-unsaturated/α-hetero) is 1. The largest absolute Gasteiger partial charge is 0.439 e. The van der Waals surface area contributed by atoms with Crippen molar-refractivity contribution in [3.8, 4) is 0 Å². The molecule has 0 aromatic carbocycles. The Kier molecular flexibility index (Phi) is 31.7. The molecule has 6 amide bonds. The van der Waals surface area contributed by atoms with Crippen LogP contribution in [-0.2, 0) is 66.6 Å². The molecule has 2 bridgehead atoms. The predicted octanol–water partition coefficient (Wildman–Crippen LogP) is 1.80. The lowest BCUT2D eigenvalue weighted by Gasteiger charge is -2.30. The molecule has 9 atom stereocenters. The van der Waals surface area contributed by atoms with Gasteiger partial charge in [-0.2, -0.15) is 11.8 Å². The van der Waals surface area contributed by atoms with Gasteiger partial charge in [0.25, 0.3) is 5.91 Å². The molecule has 2 saturated heterocycles. The number of fused-ring (bicyclic) bond motifs is 3. The van der Waals surface area contributed by atoms with Crippen LogP contribution >= 0.6 is 11.8 Å². The fourth-order valence-electron chi connectivity index (χ4n) is 9.25. The van der Waals surface area contributed by atoms with Crippen LogP contribution in [0.15, 0.2) is 58.5 Å². The molecule has 9 N–H and O–H groups in total. The molecule has 24 nitrogen and oxygen atoms in total. The van der Waals surface area contributed by atoms with Gasteiger partial charge in [0, 0.05) is 80.8 Å². The molecule has 0 saturated carbocycles. The Labute approximate surface area is 474 Å². The summed E-state index contributed by atoms with van der Waals surface area (Å²) in [5.41, 5.74) is 6.23. The molecular formula is C55H87N7O17S. The van der Waals surface area contributed by atoms with Crippen molar-refractivity contribution in [3.63, 3.8) is 0 Å². The van der Waals surface area contributed by atoms with Crippen LogP contribution in [0.2, 0.25) is 0 Å². The summed E-state index contributed by atoms with van der Waals surface area (Å²) in [4.78, 5) is 88.7. The maximum Gasteiger partial charge on any atom is 0.405 e. The van der Waals surface area contributed by atoms with Crippen LogP contribution in [0.1, 0.15) is 72.6 Å². The maximum absolute atomic E-state index is 14.0. The minimum absolute atomic E-state index is 0.00843. The fourth-order valence-corrected chi connectivity index (χ4v) is 10.8. The Bertz CT molecular complexity index is 2170. The van der Waals surface area contributed by atoms with Gasteiger partial charge in [-0.15, -0.1) is 0 Å². The molecule has 3 heterocycles. The van der Waals surface area contributed by atoms with Gasteiger partial charge in [0.2, 0.25) is 23.4 Å². The highest BCUT2D eigenvalue weighted by molar-refractivity contribution is 8.00. The first-order chi connectivity index (χ1) is 38.5. The number of hydrogen-bond donors (Lipinski definition) is 8. The van der Waals surface area contributed by atoms with Gasteiger partial charge in [0.1, 0.15) is 6.10 Å². The van der Waals surface area contributed by atoms with E-state index in [1.54, 1.807) is 26.0 Å². The number of ketones is 2. The van der Waals surface area contributed by atoms with E-state index in [4.69, 9.17) is 48.4 Å². The van der Waals surface area contributed by atoms with Crippen LogP contribution in [0.3, 0.4) is 0 Å². The van der Waals surface area contributed by atoms with E-state index in [0.29, 0.717) is 83.0 Å². The number of aliphatic hydroxyl groups is 1. The van der Waals surface area contributed by atoms with Crippen LogP contribution in [0.25, 0.3) is 0 Å². The lowest BCUT2D eigenvalue weighted by Crippen LogP contribution is -2.38. The van der Waals surface area contributed by atoms with E-state index in [-0.39, 0.29) is 111 Å². The number of carbonyl (C=O) groups excluding carboxylic acids is 7. The molecule has 3 aliphatic heterocycles. The van der Waals surface area contributed by atoms with Crippen LogP contribution in [-0.4, -0.2) is 207 Å². The van der Waals surface area contributed by atoms with Crippen molar-refractivity contribution in [2.75, 3.05) is 119 Å². The molecule has 1 aliphatic carbocycles. The molecule has 0 radical (unpaired) electrons. The number of methoxy groups -OCH3 is 2. The molecule has 450 valence electrons. The number of aliphatic hydroxyl groups excluding tert-OH is 1. The summed E-state index contributed by atoms with van der Waals surface area (Å²) in [5.74, 6) is -1.69. The second kappa shape index (κ2) is 37.7. The standard InChI is InChI=1S/C55H87N7O17S/c1-35-30-39-48(42(63)33-40(51(39)67)60-53(68)36(2)10-9-11-43(71-5)52(79-54(56)69)38(4)32-37(3)50(66)44(31-35)72-6)59-17-21-76-24-23-74-20-16-58-47(65)14-18-73-22-26-77-28-29-78-27-25-75-19-15-57-46(64)13-8-7-12-45-49-41(34-80-45)61-55(70)62-49/h9-11,32-33,35,37,41,43-45,49-50,52,59,66H,7-8,12-31,34H2,1-6H3,(H2,56,69)(H,57,64)(H,58,65)(H,60,68)(H2,61,62,70)/b11-9-,36-10+,38-32+/t35-,37+,41-,43+,44+,45-,49-,50-,52+/m0/s1. The Morgan fingerprint density at radius 3 is 1.99 bits per heavy atom. The zero-order valence-corrected chi connectivity index (χ0v) is 48.1. The molecule has 0 aromatic heterocycles. The number of ether oxygens (including phenoxy) is 9. The summed E-state index contributed by atoms with van der Waals surface area (Å²) < 4.78 is 50.1. The second-order valence-electron chi connectivity index (χ2n) is 19.8. The van der Waals surface area contributed by atoms with Gasteiger partial charge in [-0.25, -0.2) is 9.59 Å². The van der Waals surface area contributed by atoms with Gasteiger partial charge >= 0.3 is 12.1 Å². The topological polar surface area (TPSA) is 321 Å². The van der Waals surface area contributed by atoms with Crippen molar-refractivity contribution in [1.29, 1.82) is 0 Å². The van der Waals surface area contributed by atoms with Crippen LogP contribution < -0.4 is 37.6 Å². The lowest BCUT2D eigenvalue weighted by molar-refractivity contribution is -0.123. The highest BCUT2D eigenvalue weighted by Crippen LogP contribution is 2.33. The van der Waals surface area contributed by atoms with Gasteiger partial charge < -0.3 is 85.4 Å². The van der Waals surface area contributed by atoms with Gasteiger partial charge in [0.05, 0.1) is 115 Å². The minimum Gasteiger partial charge on any atom is -0.439 e. The highest BCUT2D eigenvalue weighted by atomic mass is 32.2. The summed E-state index contributed by atoms with van der Waals surface area (Å²) in [5, 5.41) is 29.1. The van der Waals surface area contributed by atoms with Crippen LogP contribution in [0, 0.1) is 11.8 Å². The smallest absolute Gasteiger partial charge is 0.405 e. The zero-order chi connectivity index (χ0) is 58.2. The van der Waals surface area contributed by atoms with E-state index in [9.17, 15) is 38.7 Å². The van der Waals surface area contributed by atoms with Crippen molar-refractivity contribution < 1.29 is 81.3 Å². The Morgan fingerprint density at radius 1 is 0.775 bits per heavy atom. The van der Waals surface area contributed by atoms with Crippen molar-refractivity contribution in [1.82, 2.24) is 31.9 Å². The molecule has 4 rings (SSSR count). The summed E-state index contributed by atoms with van der Waals surface area (Å²) in [6.45, 7) is 11.6. The first-order valence-corrected chi connectivity index (χ1v) is 28.6. The third-order valence-electron chi connectivity index (χ3n) is 13.5. The van der Waals surface area contributed by atoms with E-state index >= 15 is 0 Å². The Morgan fingerprint density at radius 2 is 1.38 bits per heavy atom. The predicted molar refractivity (Wildman–Crippen MR) is 297 cm³/mol. The number of rotatable bonds is 33. The summed E-state index contributed by atoms with van der Waals surface area (Å²) in [7, 11) is 2.89. The zero-order valence-electron chi connectivity index (χ0n) is 47.3. The first kappa shape index (κ1) is 67.3. The number of unbranched alkanes of at least 4 members (excludes halogenated alkanes) is 1. The highest BCUT2D eigenvalue weighted by Gasteiger charge is 2.42. The second-order valence-corrected chi connectivity index (χ2v) is 21.1. The monoisotopic (exact) mass is 1150 g/mol. The molecule has 0 aromatic rings. The van der Waals surface area contributed by atoms with Crippen molar-refractivity contribution in [2.24, 2.45) is 17.6 Å². The number of hydrogen-bond acceptors (Lipinski definition) is 19. The van der Waals surface area contributed by atoms with Gasteiger partial charge in [-0.05, 0) is 51.0 Å². The number of carbonyl (C=O) groups is 7. The summed E-state index contributed by atoms with van der Waals surface area (Å²) in [6, 6.07) is 0.329.